The van der Waals surface area contributed by atoms with E-state index in [1.807, 2.05) is 0 Å². The van der Waals surface area contributed by atoms with E-state index in [0.717, 1.165) is 5.39 Å². The summed E-state index contributed by atoms with van der Waals surface area (Å²) in [6, 6.07) is 7.95. The Kier molecular flexibility index (Phi) is 2.79. The number of hydrogen-bond donors (Lipinski definition) is 1. The molecule has 0 aliphatic rings. The second-order valence-electron chi connectivity index (χ2n) is 3.51. The van der Waals surface area contributed by atoms with E-state index in [4.69, 9.17) is 5.73 Å². The number of rotatable bonds is 2. The fourth-order valence-corrected chi connectivity index (χ4v) is 1.36. The van der Waals surface area contributed by atoms with Crippen LogP contribution in [0.2, 0.25) is 0 Å². The Hall–Kier alpha value is -1.98. The van der Waals surface area contributed by atoms with Crippen LogP contribution in [0.4, 0.5) is 18.9 Å². The molecule has 0 aliphatic heterocycles. The summed E-state index contributed by atoms with van der Waals surface area (Å²) in [4.78, 5) is 3.94. The molecule has 0 amide bonds. The summed E-state index contributed by atoms with van der Waals surface area (Å²) in [5, 5.41) is 0.754. The molecule has 0 saturated heterocycles. The maximum Gasteiger partial charge on any atom is 0.422 e. The number of hydrogen-bond acceptors (Lipinski definition) is 3. The number of ether oxygens (including phenoxy) is 1. The topological polar surface area (TPSA) is 48.1 Å². The highest BCUT2D eigenvalue weighted by atomic mass is 19.4. The predicted molar refractivity (Wildman–Crippen MR) is 57.7 cm³/mol. The van der Waals surface area contributed by atoms with Crippen molar-refractivity contribution < 1.29 is 17.9 Å². The molecule has 3 nitrogen and oxygen atoms in total. The van der Waals surface area contributed by atoms with Crippen molar-refractivity contribution in [3.8, 4) is 5.88 Å². The third-order valence-corrected chi connectivity index (χ3v) is 2.07. The second-order valence-corrected chi connectivity index (χ2v) is 3.51. The van der Waals surface area contributed by atoms with E-state index in [0.29, 0.717) is 11.2 Å². The first-order chi connectivity index (χ1) is 7.94. The molecular weight excluding hydrogens is 233 g/mol. The lowest BCUT2D eigenvalue weighted by Gasteiger charge is -2.08. The molecule has 0 radical (unpaired) electrons. The number of nitrogens with zero attached hydrogens (tertiary/aromatic N) is 1. The number of pyridine rings is 1. The summed E-state index contributed by atoms with van der Waals surface area (Å²) in [6.07, 6.45) is -4.36. The number of halogens is 3. The molecule has 6 heteroatoms. The molecule has 2 rings (SSSR count). The molecule has 2 aromatic rings. The van der Waals surface area contributed by atoms with Crippen molar-refractivity contribution in [1.82, 2.24) is 4.98 Å². The Labute approximate surface area is 95.0 Å². The zero-order valence-electron chi connectivity index (χ0n) is 8.66. The van der Waals surface area contributed by atoms with Gasteiger partial charge in [-0.25, -0.2) is 4.98 Å². The number of alkyl halides is 3. The van der Waals surface area contributed by atoms with Crippen LogP contribution in [0.25, 0.3) is 10.9 Å². The minimum atomic E-state index is -4.36. The van der Waals surface area contributed by atoms with Gasteiger partial charge in [-0.15, -0.1) is 0 Å². The van der Waals surface area contributed by atoms with Crippen LogP contribution in [0, 0.1) is 0 Å². The van der Waals surface area contributed by atoms with Crippen molar-refractivity contribution in [2.45, 2.75) is 6.18 Å². The minimum absolute atomic E-state index is 0.0559. The number of nitrogen functional groups attached to an aromatic ring is 1. The zero-order chi connectivity index (χ0) is 12.5. The van der Waals surface area contributed by atoms with Gasteiger partial charge in [-0.05, 0) is 24.3 Å². The largest absolute Gasteiger partial charge is 0.468 e. The summed E-state index contributed by atoms with van der Waals surface area (Å²) in [5.74, 6) is -0.0559. The zero-order valence-corrected chi connectivity index (χ0v) is 8.66. The molecule has 1 aromatic carbocycles. The van der Waals surface area contributed by atoms with Crippen LogP contribution in [0.5, 0.6) is 5.88 Å². The van der Waals surface area contributed by atoms with Gasteiger partial charge in [0.25, 0.3) is 0 Å². The van der Waals surface area contributed by atoms with Crippen LogP contribution < -0.4 is 10.5 Å². The van der Waals surface area contributed by atoms with Gasteiger partial charge in [0, 0.05) is 17.1 Å². The van der Waals surface area contributed by atoms with E-state index in [-0.39, 0.29) is 5.88 Å². The number of anilines is 1. The normalized spacial score (nSPS) is 11.7. The van der Waals surface area contributed by atoms with Gasteiger partial charge in [-0.2, -0.15) is 13.2 Å². The molecule has 1 aromatic heterocycles. The van der Waals surface area contributed by atoms with Crippen LogP contribution in [0.1, 0.15) is 0 Å². The number of aromatic nitrogens is 1. The summed E-state index contributed by atoms with van der Waals surface area (Å²) >= 11 is 0. The van der Waals surface area contributed by atoms with Crippen LogP contribution in [-0.2, 0) is 0 Å². The molecule has 90 valence electrons. The summed E-state index contributed by atoms with van der Waals surface area (Å²) in [7, 11) is 0. The van der Waals surface area contributed by atoms with Crippen molar-refractivity contribution in [3.63, 3.8) is 0 Å². The first kappa shape index (κ1) is 11.5. The lowest BCUT2D eigenvalue weighted by molar-refractivity contribution is -0.154. The number of fused-ring (bicyclic) bond motifs is 1. The number of benzene rings is 1. The summed E-state index contributed by atoms with van der Waals surface area (Å²) < 4.78 is 40.4. The van der Waals surface area contributed by atoms with E-state index in [2.05, 4.69) is 9.72 Å². The van der Waals surface area contributed by atoms with Crippen LogP contribution >= 0.6 is 0 Å². The fraction of sp³-hybridized carbons (Fsp3) is 0.182. The molecule has 0 unspecified atom stereocenters. The molecule has 0 aliphatic carbocycles. The Morgan fingerprint density at radius 1 is 1.18 bits per heavy atom. The number of nitrogens with two attached hydrogens (primary N) is 1. The molecule has 0 bridgehead atoms. The van der Waals surface area contributed by atoms with Crippen LogP contribution in [0.3, 0.4) is 0 Å². The van der Waals surface area contributed by atoms with E-state index < -0.39 is 12.8 Å². The maximum atomic E-state index is 11.9. The van der Waals surface area contributed by atoms with E-state index in [1.165, 1.54) is 6.07 Å². The standard InChI is InChI=1S/C11H9F3N2O/c12-11(13,14)6-17-10-4-1-7-5-8(15)2-3-9(7)16-10/h1-5H,6,15H2. The van der Waals surface area contributed by atoms with Gasteiger partial charge in [0.05, 0.1) is 5.52 Å². The van der Waals surface area contributed by atoms with Gasteiger partial charge in [-0.3, -0.25) is 0 Å². The molecule has 1 heterocycles. The third-order valence-electron chi connectivity index (χ3n) is 2.07. The average molecular weight is 242 g/mol. The highest BCUT2D eigenvalue weighted by Crippen LogP contribution is 2.21. The molecular formula is C11H9F3N2O. The van der Waals surface area contributed by atoms with Crippen molar-refractivity contribution in [2.75, 3.05) is 12.3 Å². The average Bonchev–Trinajstić information content (AvgIpc) is 2.25. The Bertz CT molecular complexity index is 540. The van der Waals surface area contributed by atoms with Gasteiger partial charge in [0.2, 0.25) is 5.88 Å². The van der Waals surface area contributed by atoms with E-state index >= 15 is 0 Å². The first-order valence-corrected chi connectivity index (χ1v) is 4.80. The lowest BCUT2D eigenvalue weighted by atomic mass is 10.2. The predicted octanol–water partition coefficient (Wildman–Crippen LogP) is 2.76. The smallest absolute Gasteiger partial charge is 0.422 e. The molecule has 17 heavy (non-hydrogen) atoms. The highest BCUT2D eigenvalue weighted by Gasteiger charge is 2.28. The monoisotopic (exact) mass is 242 g/mol. The molecule has 0 atom stereocenters. The molecule has 0 fully saturated rings. The Balaban J connectivity index is 2.23. The van der Waals surface area contributed by atoms with E-state index in [9.17, 15) is 13.2 Å². The Morgan fingerprint density at radius 2 is 1.94 bits per heavy atom. The quantitative estimate of drug-likeness (QED) is 0.824. The first-order valence-electron chi connectivity index (χ1n) is 4.80. The summed E-state index contributed by atoms with van der Waals surface area (Å²) in [6.45, 7) is -1.35. The van der Waals surface area contributed by atoms with Gasteiger partial charge in [0.1, 0.15) is 0 Å². The molecule has 0 saturated carbocycles. The second kappa shape index (κ2) is 4.12. The fourth-order valence-electron chi connectivity index (χ4n) is 1.36. The van der Waals surface area contributed by atoms with Crippen molar-refractivity contribution in [3.05, 3.63) is 30.3 Å². The van der Waals surface area contributed by atoms with Crippen molar-refractivity contribution in [1.29, 1.82) is 0 Å². The molecule has 2 N–H and O–H groups in total. The van der Waals surface area contributed by atoms with Crippen molar-refractivity contribution >= 4 is 16.6 Å². The van der Waals surface area contributed by atoms with Crippen molar-refractivity contribution in [2.24, 2.45) is 0 Å². The van der Waals surface area contributed by atoms with E-state index in [1.54, 1.807) is 24.3 Å². The third kappa shape index (κ3) is 2.99. The maximum absolute atomic E-state index is 11.9. The summed E-state index contributed by atoms with van der Waals surface area (Å²) in [5.41, 5.74) is 6.68. The van der Waals surface area contributed by atoms with Gasteiger partial charge < -0.3 is 10.5 Å². The SMILES string of the molecule is Nc1ccc2nc(OCC(F)(F)F)ccc2c1. The van der Waals surface area contributed by atoms with Gasteiger partial charge >= 0.3 is 6.18 Å². The highest BCUT2D eigenvalue weighted by molar-refractivity contribution is 5.82. The van der Waals surface area contributed by atoms with Crippen LogP contribution in [0.15, 0.2) is 30.3 Å². The molecule has 0 spiro atoms. The Morgan fingerprint density at radius 3 is 2.65 bits per heavy atom. The van der Waals surface area contributed by atoms with Gasteiger partial charge in [-0.1, -0.05) is 0 Å². The minimum Gasteiger partial charge on any atom is -0.468 e. The lowest BCUT2D eigenvalue weighted by Crippen LogP contribution is -2.19. The van der Waals surface area contributed by atoms with Crippen LogP contribution in [-0.4, -0.2) is 17.8 Å². The van der Waals surface area contributed by atoms with Gasteiger partial charge in [0.15, 0.2) is 6.61 Å².